The number of ketones is 1. The van der Waals surface area contributed by atoms with Gasteiger partial charge in [0.15, 0.2) is 0 Å². The Hall–Kier alpha value is -2.70. The van der Waals surface area contributed by atoms with E-state index in [-0.39, 0.29) is 11.5 Å². The number of Topliss-reactive ketones (excluding diaryl/α,β-unsaturated/α-hetero) is 1. The highest BCUT2D eigenvalue weighted by Gasteiger charge is 2.35. The fourth-order valence-electron chi connectivity index (χ4n) is 2.24. The van der Waals surface area contributed by atoms with Crippen LogP contribution in [0, 0.1) is 16.0 Å². The Morgan fingerprint density at radius 2 is 1.95 bits per heavy atom. The van der Waals surface area contributed by atoms with Gasteiger partial charge in [-0.15, -0.1) is 0 Å². The number of amides is 2. The van der Waals surface area contributed by atoms with Crippen molar-refractivity contribution in [3.63, 3.8) is 0 Å². The zero-order valence-electron chi connectivity index (χ0n) is 10.8. The molecule has 1 aliphatic rings. The van der Waals surface area contributed by atoms with Crippen LogP contribution in [0.3, 0.4) is 0 Å². The van der Waals surface area contributed by atoms with Gasteiger partial charge in [-0.25, -0.2) is 4.79 Å². The van der Waals surface area contributed by atoms with E-state index in [1.165, 1.54) is 31.2 Å². The second kappa shape index (κ2) is 5.12. The van der Waals surface area contributed by atoms with Gasteiger partial charge < -0.3 is 10.6 Å². The molecule has 2 amide bonds. The van der Waals surface area contributed by atoms with E-state index in [1.807, 2.05) is 0 Å². The molecule has 1 fully saturated rings. The number of carbonyl (C=O) groups is 2. The Morgan fingerprint density at radius 1 is 1.35 bits per heavy atom. The molecule has 1 aromatic rings. The molecule has 2 rings (SSSR count). The van der Waals surface area contributed by atoms with Crippen molar-refractivity contribution in [3.8, 4) is 0 Å². The lowest BCUT2D eigenvalue weighted by atomic mass is 9.86. The highest BCUT2D eigenvalue weighted by Crippen LogP contribution is 2.30. The van der Waals surface area contributed by atoms with Gasteiger partial charge in [-0.05, 0) is 12.5 Å². The molecule has 2 N–H and O–H groups in total. The molecule has 104 valence electrons. The van der Waals surface area contributed by atoms with Gasteiger partial charge in [0.05, 0.1) is 16.9 Å². The summed E-state index contributed by atoms with van der Waals surface area (Å²) in [5.41, 5.74) is 0.892. The summed E-state index contributed by atoms with van der Waals surface area (Å²) in [6.45, 7) is 5.10. The number of nitrogens with zero attached hydrogens (tertiary/aromatic N) is 1. The Balaban J connectivity index is 2.36. The lowest BCUT2D eigenvalue weighted by molar-refractivity contribution is -0.384. The predicted octanol–water partition coefficient (Wildman–Crippen LogP) is 1.67. The van der Waals surface area contributed by atoms with Crippen LogP contribution < -0.4 is 10.6 Å². The number of non-ortho nitro benzene ring substituents is 1. The Labute approximate surface area is 114 Å². The molecule has 0 unspecified atom stereocenters. The summed E-state index contributed by atoms with van der Waals surface area (Å²) in [4.78, 5) is 33.3. The average Bonchev–Trinajstić information content (AvgIpc) is 2.37. The molecule has 1 aromatic carbocycles. The van der Waals surface area contributed by atoms with Gasteiger partial charge in [-0.3, -0.25) is 14.9 Å². The van der Waals surface area contributed by atoms with Crippen molar-refractivity contribution in [2.24, 2.45) is 5.92 Å². The number of nitro groups is 1. The molecule has 0 aromatic heterocycles. The molecule has 1 saturated heterocycles. The summed E-state index contributed by atoms with van der Waals surface area (Å²) in [5, 5.41) is 15.7. The maximum atomic E-state index is 11.7. The molecule has 20 heavy (non-hydrogen) atoms. The predicted molar refractivity (Wildman–Crippen MR) is 70.8 cm³/mol. The van der Waals surface area contributed by atoms with E-state index in [9.17, 15) is 19.7 Å². The van der Waals surface area contributed by atoms with Gasteiger partial charge in [0.2, 0.25) is 0 Å². The summed E-state index contributed by atoms with van der Waals surface area (Å²) in [6.07, 6.45) is 0. The van der Waals surface area contributed by atoms with Crippen LogP contribution >= 0.6 is 0 Å². The number of urea groups is 1. The Kier molecular flexibility index (Phi) is 3.51. The summed E-state index contributed by atoms with van der Waals surface area (Å²) < 4.78 is 0. The third-order valence-electron chi connectivity index (χ3n) is 3.17. The number of benzene rings is 1. The first kappa shape index (κ1) is 13.7. The van der Waals surface area contributed by atoms with Crippen molar-refractivity contribution in [2.75, 3.05) is 0 Å². The average molecular weight is 275 g/mol. The number of nitrogens with one attached hydrogen (secondary N) is 2. The molecule has 0 radical (unpaired) electrons. The number of hydrogen-bond acceptors (Lipinski definition) is 4. The first-order chi connectivity index (χ1) is 9.40. The van der Waals surface area contributed by atoms with Crippen molar-refractivity contribution in [3.05, 3.63) is 52.2 Å². The van der Waals surface area contributed by atoms with Crippen LogP contribution in [0.5, 0.6) is 0 Å². The molecule has 7 heteroatoms. The highest BCUT2D eigenvalue weighted by atomic mass is 16.6. The van der Waals surface area contributed by atoms with Crippen LogP contribution in [-0.4, -0.2) is 16.7 Å². The Morgan fingerprint density at radius 3 is 2.45 bits per heavy atom. The molecule has 0 bridgehead atoms. The SMILES string of the molecule is C=C1NC(=O)N[C@H](c2ccc([N+](=O)[O-])cc2)[C@H]1C(C)=O. The van der Waals surface area contributed by atoms with Gasteiger partial charge in [0.1, 0.15) is 5.78 Å². The van der Waals surface area contributed by atoms with E-state index in [4.69, 9.17) is 0 Å². The maximum Gasteiger partial charge on any atom is 0.319 e. The van der Waals surface area contributed by atoms with Gasteiger partial charge in [-0.2, -0.15) is 0 Å². The smallest absolute Gasteiger partial charge is 0.319 e. The fourth-order valence-corrected chi connectivity index (χ4v) is 2.24. The van der Waals surface area contributed by atoms with Crippen LogP contribution in [0.15, 0.2) is 36.5 Å². The lowest BCUT2D eigenvalue weighted by Gasteiger charge is -2.33. The van der Waals surface area contributed by atoms with Crippen LogP contribution in [0.1, 0.15) is 18.5 Å². The standard InChI is InChI=1S/C13H13N3O4/c1-7-11(8(2)17)12(15-13(18)14-7)9-3-5-10(6-4-9)16(19)20/h3-6,11-12H,1H2,2H3,(H2,14,15,18)/t11-,12-/m1/s1. The van der Waals surface area contributed by atoms with Crippen LogP contribution in [0.25, 0.3) is 0 Å². The zero-order valence-corrected chi connectivity index (χ0v) is 10.8. The number of rotatable bonds is 3. The first-order valence-corrected chi connectivity index (χ1v) is 5.91. The summed E-state index contributed by atoms with van der Waals surface area (Å²) in [7, 11) is 0. The topological polar surface area (TPSA) is 101 Å². The highest BCUT2D eigenvalue weighted by molar-refractivity contribution is 5.87. The van der Waals surface area contributed by atoms with Gasteiger partial charge >= 0.3 is 6.03 Å². The second-order valence-corrected chi connectivity index (χ2v) is 4.54. The van der Waals surface area contributed by atoms with Crippen molar-refractivity contribution in [1.82, 2.24) is 10.6 Å². The second-order valence-electron chi connectivity index (χ2n) is 4.54. The lowest BCUT2D eigenvalue weighted by Crippen LogP contribution is -2.50. The molecule has 7 nitrogen and oxygen atoms in total. The van der Waals surface area contributed by atoms with Crippen LogP contribution in [-0.2, 0) is 4.79 Å². The Bertz CT molecular complexity index is 594. The van der Waals surface area contributed by atoms with Gasteiger partial charge in [-0.1, -0.05) is 18.7 Å². The van der Waals surface area contributed by atoms with Crippen LogP contribution in [0.4, 0.5) is 10.5 Å². The largest absolute Gasteiger partial charge is 0.330 e. The molecule has 1 heterocycles. The van der Waals surface area contributed by atoms with E-state index < -0.39 is 22.9 Å². The van der Waals surface area contributed by atoms with E-state index in [0.717, 1.165) is 0 Å². The minimum atomic E-state index is -0.603. The molecule has 2 atom stereocenters. The van der Waals surface area contributed by atoms with E-state index in [1.54, 1.807) is 0 Å². The minimum absolute atomic E-state index is 0.0489. The minimum Gasteiger partial charge on any atom is -0.330 e. The van der Waals surface area contributed by atoms with Crippen molar-refractivity contribution in [1.29, 1.82) is 0 Å². The third-order valence-corrected chi connectivity index (χ3v) is 3.17. The fraction of sp³-hybridized carbons (Fsp3) is 0.231. The molecule has 1 aliphatic heterocycles. The molecule has 0 aliphatic carbocycles. The summed E-state index contributed by atoms with van der Waals surface area (Å²) in [5.74, 6) is -0.750. The quantitative estimate of drug-likeness (QED) is 0.647. The molecule has 0 spiro atoms. The van der Waals surface area contributed by atoms with Crippen molar-refractivity contribution < 1.29 is 14.5 Å². The number of hydrogen-bond donors (Lipinski definition) is 2. The monoisotopic (exact) mass is 275 g/mol. The zero-order chi connectivity index (χ0) is 14.9. The van der Waals surface area contributed by atoms with Crippen molar-refractivity contribution >= 4 is 17.5 Å². The molecular weight excluding hydrogens is 262 g/mol. The normalized spacial score (nSPS) is 21.9. The molecular formula is C13H13N3O4. The van der Waals surface area contributed by atoms with Gasteiger partial charge in [0, 0.05) is 17.8 Å². The third kappa shape index (κ3) is 2.51. The number of nitro benzene ring substituents is 1. The maximum absolute atomic E-state index is 11.7. The van der Waals surface area contributed by atoms with E-state index in [2.05, 4.69) is 17.2 Å². The molecule has 0 saturated carbocycles. The van der Waals surface area contributed by atoms with E-state index >= 15 is 0 Å². The van der Waals surface area contributed by atoms with Gasteiger partial charge in [0.25, 0.3) is 5.69 Å². The van der Waals surface area contributed by atoms with E-state index in [0.29, 0.717) is 11.3 Å². The summed E-state index contributed by atoms with van der Waals surface area (Å²) >= 11 is 0. The van der Waals surface area contributed by atoms with Crippen molar-refractivity contribution in [2.45, 2.75) is 13.0 Å². The number of carbonyl (C=O) groups excluding carboxylic acids is 2. The van der Waals surface area contributed by atoms with Crippen LogP contribution in [0.2, 0.25) is 0 Å². The summed E-state index contributed by atoms with van der Waals surface area (Å²) in [6, 6.07) is 4.70. The first-order valence-electron chi connectivity index (χ1n) is 5.91.